The van der Waals surface area contributed by atoms with Crippen LogP contribution in [-0.2, 0) is 4.84 Å². The molecule has 0 saturated heterocycles. The first-order chi connectivity index (χ1) is 8.19. The summed E-state index contributed by atoms with van der Waals surface area (Å²) in [5.74, 6) is 0.809. The first-order valence-corrected chi connectivity index (χ1v) is 5.67. The number of ether oxygens (including phenoxy) is 1. The molecular weight excluding hydrogens is 216 g/mol. The molecule has 0 amide bonds. The van der Waals surface area contributed by atoms with Crippen molar-refractivity contribution in [3.63, 3.8) is 0 Å². The second kappa shape index (κ2) is 6.68. The highest BCUT2D eigenvalue weighted by atomic mass is 16.6. The quantitative estimate of drug-likeness (QED) is 0.607. The van der Waals surface area contributed by atoms with Gasteiger partial charge in [-0.25, -0.2) is 0 Å². The molecule has 4 nitrogen and oxygen atoms in total. The third-order valence-electron chi connectivity index (χ3n) is 2.15. The summed E-state index contributed by atoms with van der Waals surface area (Å²) >= 11 is 0. The standard InChI is InChI=1S/C13H18N2O2/c1-4-16-12-8-6-11(7-9-12)13(14)10(3)15-17-5-2/h6-9,14H,4-5H2,1-3H3/b14-13?,15-10+. The Bertz CT molecular complexity index is 396. The van der Waals surface area contributed by atoms with E-state index in [1.807, 2.05) is 38.1 Å². The van der Waals surface area contributed by atoms with Gasteiger partial charge in [0.1, 0.15) is 18.1 Å². The molecule has 0 fully saturated rings. The van der Waals surface area contributed by atoms with E-state index in [1.165, 1.54) is 0 Å². The molecule has 92 valence electrons. The van der Waals surface area contributed by atoms with Crippen LogP contribution in [-0.4, -0.2) is 24.6 Å². The summed E-state index contributed by atoms with van der Waals surface area (Å²) in [6.45, 7) is 6.70. The van der Waals surface area contributed by atoms with E-state index in [0.29, 0.717) is 24.6 Å². The summed E-state index contributed by atoms with van der Waals surface area (Å²) < 4.78 is 5.34. The van der Waals surface area contributed by atoms with Gasteiger partial charge < -0.3 is 9.57 Å². The summed E-state index contributed by atoms with van der Waals surface area (Å²) in [5.41, 5.74) is 1.73. The summed E-state index contributed by atoms with van der Waals surface area (Å²) in [5, 5.41) is 11.8. The SMILES string of the molecule is CCO/N=C(\C)C(=N)c1ccc(OCC)cc1. The second-order valence-electron chi connectivity index (χ2n) is 3.43. The van der Waals surface area contributed by atoms with Crippen molar-refractivity contribution in [2.45, 2.75) is 20.8 Å². The van der Waals surface area contributed by atoms with Crippen LogP contribution in [0.3, 0.4) is 0 Å². The highest BCUT2D eigenvalue weighted by Crippen LogP contribution is 2.12. The largest absolute Gasteiger partial charge is 0.494 e. The molecule has 0 heterocycles. The number of rotatable bonds is 6. The van der Waals surface area contributed by atoms with Gasteiger partial charge in [-0.1, -0.05) is 5.16 Å². The molecule has 0 saturated carbocycles. The predicted molar refractivity (Wildman–Crippen MR) is 69.2 cm³/mol. The molecule has 0 unspecified atom stereocenters. The van der Waals surface area contributed by atoms with Crippen molar-refractivity contribution in [1.29, 1.82) is 5.41 Å². The molecule has 0 atom stereocenters. The van der Waals surface area contributed by atoms with Crippen LogP contribution >= 0.6 is 0 Å². The number of oxime groups is 1. The number of nitrogens with one attached hydrogen (secondary N) is 1. The number of hydrogen-bond acceptors (Lipinski definition) is 4. The third-order valence-corrected chi connectivity index (χ3v) is 2.15. The third kappa shape index (κ3) is 3.90. The van der Waals surface area contributed by atoms with E-state index in [-0.39, 0.29) is 0 Å². The summed E-state index contributed by atoms with van der Waals surface area (Å²) in [7, 11) is 0. The number of benzene rings is 1. The Morgan fingerprint density at radius 3 is 2.35 bits per heavy atom. The van der Waals surface area contributed by atoms with Gasteiger partial charge in [-0.05, 0) is 45.0 Å². The van der Waals surface area contributed by atoms with Crippen LogP contribution in [0.25, 0.3) is 0 Å². The van der Waals surface area contributed by atoms with Crippen molar-refractivity contribution in [1.82, 2.24) is 0 Å². The normalized spacial score (nSPS) is 11.1. The van der Waals surface area contributed by atoms with Gasteiger partial charge in [0.25, 0.3) is 0 Å². The number of nitrogens with zero attached hydrogens (tertiary/aromatic N) is 1. The minimum absolute atomic E-state index is 0.362. The maximum absolute atomic E-state index is 7.93. The van der Waals surface area contributed by atoms with Gasteiger partial charge in [0.15, 0.2) is 0 Å². The fraction of sp³-hybridized carbons (Fsp3) is 0.385. The van der Waals surface area contributed by atoms with Crippen molar-refractivity contribution in [3.8, 4) is 5.75 Å². The average Bonchev–Trinajstić information content (AvgIpc) is 2.36. The van der Waals surface area contributed by atoms with Crippen LogP contribution in [0.2, 0.25) is 0 Å². The Kier molecular flexibility index (Phi) is 5.20. The molecule has 1 rings (SSSR count). The predicted octanol–water partition coefficient (Wildman–Crippen LogP) is 2.87. The van der Waals surface area contributed by atoms with Crippen molar-refractivity contribution in [3.05, 3.63) is 29.8 Å². The Morgan fingerprint density at radius 2 is 1.82 bits per heavy atom. The van der Waals surface area contributed by atoms with E-state index in [9.17, 15) is 0 Å². The van der Waals surface area contributed by atoms with E-state index in [4.69, 9.17) is 15.0 Å². The van der Waals surface area contributed by atoms with Gasteiger partial charge in [0.2, 0.25) is 0 Å². The van der Waals surface area contributed by atoms with Gasteiger partial charge in [0, 0.05) is 5.56 Å². The topological polar surface area (TPSA) is 54.7 Å². The molecule has 0 aromatic heterocycles. The van der Waals surface area contributed by atoms with Crippen LogP contribution in [0.4, 0.5) is 0 Å². The van der Waals surface area contributed by atoms with Crippen molar-refractivity contribution in [2.75, 3.05) is 13.2 Å². The minimum Gasteiger partial charge on any atom is -0.494 e. The molecule has 0 aliphatic carbocycles. The number of hydrogen-bond donors (Lipinski definition) is 1. The van der Waals surface area contributed by atoms with Gasteiger partial charge in [0.05, 0.1) is 12.3 Å². The summed E-state index contributed by atoms with van der Waals surface area (Å²) in [4.78, 5) is 4.92. The molecular formula is C13H18N2O2. The lowest BCUT2D eigenvalue weighted by atomic mass is 10.1. The van der Waals surface area contributed by atoms with Crippen molar-refractivity contribution < 1.29 is 9.57 Å². The molecule has 0 bridgehead atoms. The highest BCUT2D eigenvalue weighted by Gasteiger charge is 2.05. The first-order valence-electron chi connectivity index (χ1n) is 5.67. The van der Waals surface area contributed by atoms with E-state index in [0.717, 1.165) is 11.3 Å². The molecule has 17 heavy (non-hydrogen) atoms. The van der Waals surface area contributed by atoms with Crippen LogP contribution < -0.4 is 4.74 Å². The van der Waals surface area contributed by atoms with Crippen molar-refractivity contribution >= 4 is 11.4 Å². The Hall–Kier alpha value is -1.84. The van der Waals surface area contributed by atoms with E-state index in [1.54, 1.807) is 6.92 Å². The zero-order chi connectivity index (χ0) is 12.7. The molecule has 0 spiro atoms. The lowest BCUT2D eigenvalue weighted by Crippen LogP contribution is -2.11. The smallest absolute Gasteiger partial charge is 0.119 e. The molecule has 1 aromatic rings. The van der Waals surface area contributed by atoms with Crippen LogP contribution in [0.5, 0.6) is 5.75 Å². The maximum Gasteiger partial charge on any atom is 0.119 e. The Morgan fingerprint density at radius 1 is 1.18 bits per heavy atom. The van der Waals surface area contributed by atoms with Gasteiger partial charge in [-0.15, -0.1) is 0 Å². The molecule has 0 aliphatic rings. The van der Waals surface area contributed by atoms with E-state index >= 15 is 0 Å². The van der Waals surface area contributed by atoms with Crippen molar-refractivity contribution in [2.24, 2.45) is 5.16 Å². The fourth-order valence-corrected chi connectivity index (χ4v) is 1.30. The molecule has 4 heteroatoms. The summed E-state index contributed by atoms with van der Waals surface area (Å²) in [6.07, 6.45) is 0. The minimum atomic E-state index is 0.362. The fourth-order valence-electron chi connectivity index (χ4n) is 1.30. The molecule has 0 radical (unpaired) electrons. The molecule has 1 aromatic carbocycles. The van der Waals surface area contributed by atoms with E-state index in [2.05, 4.69) is 5.16 Å². The average molecular weight is 234 g/mol. The second-order valence-corrected chi connectivity index (χ2v) is 3.43. The molecule has 0 aliphatic heterocycles. The zero-order valence-corrected chi connectivity index (χ0v) is 10.5. The Labute approximate surface area is 102 Å². The first kappa shape index (κ1) is 13.2. The van der Waals surface area contributed by atoms with E-state index < -0.39 is 0 Å². The van der Waals surface area contributed by atoms with Crippen LogP contribution in [0.15, 0.2) is 29.4 Å². The van der Waals surface area contributed by atoms with Crippen LogP contribution in [0, 0.1) is 5.41 Å². The monoisotopic (exact) mass is 234 g/mol. The van der Waals surface area contributed by atoms with Crippen LogP contribution in [0.1, 0.15) is 26.3 Å². The van der Waals surface area contributed by atoms with Gasteiger partial charge in [-0.3, -0.25) is 5.41 Å². The maximum atomic E-state index is 7.93. The summed E-state index contributed by atoms with van der Waals surface area (Å²) in [6, 6.07) is 7.39. The Balaban J connectivity index is 2.75. The lowest BCUT2D eigenvalue weighted by Gasteiger charge is -2.06. The lowest BCUT2D eigenvalue weighted by molar-refractivity contribution is 0.159. The highest BCUT2D eigenvalue weighted by molar-refractivity contribution is 6.46. The molecule has 1 N–H and O–H groups in total. The van der Waals surface area contributed by atoms with Gasteiger partial charge >= 0.3 is 0 Å². The van der Waals surface area contributed by atoms with Gasteiger partial charge in [-0.2, -0.15) is 0 Å². The zero-order valence-electron chi connectivity index (χ0n) is 10.5.